The van der Waals surface area contributed by atoms with Gasteiger partial charge in [0.1, 0.15) is 0 Å². The van der Waals surface area contributed by atoms with Crippen molar-refractivity contribution in [3.8, 4) is 0 Å². The molecule has 0 radical (unpaired) electrons. The summed E-state index contributed by atoms with van der Waals surface area (Å²) in [6.07, 6.45) is 0. The Balaban J connectivity index is 2.62. The van der Waals surface area contributed by atoms with E-state index in [2.05, 4.69) is 5.32 Å². The van der Waals surface area contributed by atoms with Crippen LogP contribution >= 0.6 is 35.4 Å². The van der Waals surface area contributed by atoms with Gasteiger partial charge in [-0.15, -0.1) is 0 Å². The summed E-state index contributed by atoms with van der Waals surface area (Å²) in [7, 11) is 0. The van der Waals surface area contributed by atoms with Gasteiger partial charge in [-0.1, -0.05) is 42.3 Å². The number of hydrogen-bond donors (Lipinski definition) is 2. The van der Waals surface area contributed by atoms with Gasteiger partial charge in [-0.05, 0) is 18.2 Å². The molecule has 15 heavy (non-hydrogen) atoms. The molecule has 0 aliphatic rings. The highest BCUT2D eigenvalue weighted by Crippen LogP contribution is 2.25. The lowest BCUT2D eigenvalue weighted by atomic mass is 10.2. The fourth-order valence-corrected chi connectivity index (χ4v) is 1.56. The van der Waals surface area contributed by atoms with Crippen molar-refractivity contribution in [1.82, 2.24) is 0 Å². The monoisotopic (exact) mass is 262 g/mol. The Labute approximate surface area is 105 Å². The summed E-state index contributed by atoms with van der Waals surface area (Å²) in [5, 5.41) is 4.38. The van der Waals surface area contributed by atoms with Crippen molar-refractivity contribution >= 4 is 46.1 Å². The van der Waals surface area contributed by atoms with Crippen LogP contribution in [0.25, 0.3) is 0 Å². The molecule has 1 aromatic rings. The summed E-state index contributed by atoms with van der Waals surface area (Å²) in [6, 6.07) is 5.30. The van der Waals surface area contributed by atoms with Gasteiger partial charge < -0.3 is 11.1 Å². The van der Waals surface area contributed by atoms with Gasteiger partial charge >= 0.3 is 0 Å². The molecule has 0 bridgehead atoms. The van der Waals surface area contributed by atoms with Crippen molar-refractivity contribution in [3.63, 3.8) is 0 Å². The summed E-state index contributed by atoms with van der Waals surface area (Å²) < 4.78 is 0. The fraction of sp³-hybridized carbons (Fsp3) is 0.300. The second-order valence-corrected chi connectivity index (χ2v) is 4.62. The molecule has 0 amide bonds. The van der Waals surface area contributed by atoms with E-state index in [4.69, 9.17) is 41.2 Å². The van der Waals surface area contributed by atoms with Gasteiger partial charge in [-0.25, -0.2) is 0 Å². The van der Waals surface area contributed by atoms with Crippen LogP contribution < -0.4 is 11.1 Å². The number of rotatable bonds is 4. The molecule has 0 heterocycles. The highest BCUT2D eigenvalue weighted by atomic mass is 35.5. The summed E-state index contributed by atoms with van der Waals surface area (Å²) in [4.78, 5) is 0.493. The smallest absolute Gasteiger partial charge is 0.0773 e. The predicted molar refractivity (Wildman–Crippen MR) is 70.9 cm³/mol. The number of hydrogen-bond acceptors (Lipinski definition) is 2. The first kappa shape index (κ1) is 12.6. The van der Waals surface area contributed by atoms with Gasteiger partial charge in [-0.2, -0.15) is 0 Å². The normalized spacial score (nSPS) is 12.2. The van der Waals surface area contributed by atoms with E-state index >= 15 is 0 Å². The topological polar surface area (TPSA) is 38.0 Å². The molecule has 1 aromatic carbocycles. The second-order valence-electron chi connectivity index (χ2n) is 3.31. The van der Waals surface area contributed by atoms with Gasteiger partial charge in [0.05, 0.1) is 15.7 Å². The molecule has 0 saturated heterocycles. The van der Waals surface area contributed by atoms with E-state index in [-0.39, 0.29) is 5.92 Å². The Morgan fingerprint density at radius 2 is 2.20 bits per heavy atom. The van der Waals surface area contributed by atoms with Crippen LogP contribution in [0.3, 0.4) is 0 Å². The molecule has 82 valence electrons. The van der Waals surface area contributed by atoms with E-state index in [9.17, 15) is 0 Å². The SMILES string of the molecule is CC(CNc1ccc(Cl)cc1Cl)C(N)=S. The third-order valence-electron chi connectivity index (χ3n) is 2.02. The zero-order chi connectivity index (χ0) is 11.4. The number of thiocarbonyl (C=S) groups is 1. The van der Waals surface area contributed by atoms with E-state index in [0.717, 1.165) is 5.69 Å². The van der Waals surface area contributed by atoms with Crippen LogP contribution in [0.4, 0.5) is 5.69 Å². The molecule has 3 N–H and O–H groups in total. The molecule has 0 spiro atoms. The lowest BCUT2D eigenvalue weighted by molar-refractivity contribution is 0.821. The van der Waals surface area contributed by atoms with Gasteiger partial charge in [0.2, 0.25) is 0 Å². The summed E-state index contributed by atoms with van der Waals surface area (Å²) in [6.45, 7) is 2.62. The largest absolute Gasteiger partial charge is 0.393 e. The first-order valence-electron chi connectivity index (χ1n) is 4.49. The Morgan fingerprint density at radius 1 is 1.53 bits per heavy atom. The second kappa shape index (κ2) is 5.54. The van der Waals surface area contributed by atoms with Crippen molar-refractivity contribution in [2.24, 2.45) is 11.7 Å². The maximum absolute atomic E-state index is 5.98. The van der Waals surface area contributed by atoms with E-state index in [1.54, 1.807) is 12.1 Å². The van der Waals surface area contributed by atoms with Crippen molar-refractivity contribution in [3.05, 3.63) is 28.2 Å². The van der Waals surface area contributed by atoms with E-state index in [1.165, 1.54) is 0 Å². The Hall–Kier alpha value is -0.510. The standard InChI is InChI=1S/C10H12Cl2N2S/c1-6(10(13)15)5-14-9-3-2-7(11)4-8(9)12/h2-4,6,14H,5H2,1H3,(H2,13,15). The van der Waals surface area contributed by atoms with Crippen molar-refractivity contribution in [1.29, 1.82) is 0 Å². The zero-order valence-electron chi connectivity index (χ0n) is 8.26. The van der Waals surface area contributed by atoms with Gasteiger partial charge in [0.15, 0.2) is 0 Å². The maximum atomic E-state index is 5.98. The van der Waals surface area contributed by atoms with Crippen LogP contribution in [0.2, 0.25) is 10.0 Å². The third kappa shape index (κ3) is 3.86. The van der Waals surface area contributed by atoms with Crippen LogP contribution in [-0.4, -0.2) is 11.5 Å². The number of benzene rings is 1. The molecule has 1 rings (SSSR count). The molecule has 0 aromatic heterocycles. The van der Waals surface area contributed by atoms with Crippen molar-refractivity contribution in [2.45, 2.75) is 6.92 Å². The van der Waals surface area contributed by atoms with Crippen LogP contribution in [0.15, 0.2) is 18.2 Å². The average Bonchev–Trinajstić information content (AvgIpc) is 2.15. The van der Waals surface area contributed by atoms with Gasteiger partial charge in [0, 0.05) is 17.5 Å². The maximum Gasteiger partial charge on any atom is 0.0773 e. The third-order valence-corrected chi connectivity index (χ3v) is 2.97. The molecule has 2 nitrogen and oxygen atoms in total. The molecular weight excluding hydrogens is 251 g/mol. The minimum absolute atomic E-state index is 0.131. The quantitative estimate of drug-likeness (QED) is 0.818. The Bertz CT molecular complexity index is 368. The molecule has 5 heteroatoms. The number of nitrogens with two attached hydrogens (primary N) is 1. The summed E-state index contributed by atoms with van der Waals surface area (Å²) >= 11 is 16.6. The first-order chi connectivity index (χ1) is 7.00. The molecule has 0 aliphatic carbocycles. The van der Waals surface area contributed by atoms with Crippen LogP contribution in [0.5, 0.6) is 0 Å². The molecule has 0 aliphatic heterocycles. The van der Waals surface area contributed by atoms with Gasteiger partial charge in [0.25, 0.3) is 0 Å². The number of anilines is 1. The molecule has 0 saturated carbocycles. The zero-order valence-corrected chi connectivity index (χ0v) is 10.6. The highest BCUT2D eigenvalue weighted by molar-refractivity contribution is 7.80. The molecule has 1 unspecified atom stereocenters. The van der Waals surface area contributed by atoms with Crippen LogP contribution in [-0.2, 0) is 0 Å². The molecule has 1 atom stereocenters. The Kier molecular flexibility index (Phi) is 4.64. The summed E-state index contributed by atoms with van der Waals surface area (Å²) in [5.41, 5.74) is 6.34. The minimum Gasteiger partial charge on any atom is -0.393 e. The lowest BCUT2D eigenvalue weighted by Crippen LogP contribution is -2.25. The fourth-order valence-electron chi connectivity index (χ4n) is 0.996. The van der Waals surface area contributed by atoms with Crippen molar-refractivity contribution < 1.29 is 0 Å². The summed E-state index contributed by atoms with van der Waals surface area (Å²) in [5.74, 6) is 0.131. The van der Waals surface area contributed by atoms with E-state index in [0.29, 0.717) is 21.6 Å². The van der Waals surface area contributed by atoms with Crippen molar-refractivity contribution in [2.75, 3.05) is 11.9 Å². The average molecular weight is 263 g/mol. The van der Waals surface area contributed by atoms with E-state index in [1.807, 2.05) is 13.0 Å². The lowest BCUT2D eigenvalue weighted by Gasteiger charge is -2.13. The number of nitrogens with one attached hydrogen (secondary N) is 1. The number of halogens is 2. The highest BCUT2D eigenvalue weighted by Gasteiger charge is 2.06. The molecule has 0 fully saturated rings. The van der Waals surface area contributed by atoms with Crippen LogP contribution in [0.1, 0.15) is 6.92 Å². The first-order valence-corrected chi connectivity index (χ1v) is 5.65. The predicted octanol–water partition coefficient (Wildman–Crippen LogP) is 3.33. The molecular formula is C10H12Cl2N2S. The Morgan fingerprint density at radius 3 is 2.73 bits per heavy atom. The van der Waals surface area contributed by atoms with Crippen LogP contribution in [0, 0.1) is 5.92 Å². The van der Waals surface area contributed by atoms with Gasteiger partial charge in [-0.3, -0.25) is 0 Å². The van der Waals surface area contributed by atoms with E-state index < -0.39 is 0 Å². The minimum atomic E-state index is 0.131.